The van der Waals surface area contributed by atoms with E-state index in [-0.39, 0.29) is 11.9 Å². The van der Waals surface area contributed by atoms with E-state index in [1.807, 2.05) is 32.0 Å². The third kappa shape index (κ3) is 3.56. The Balaban J connectivity index is 2.18. The van der Waals surface area contributed by atoms with Gasteiger partial charge < -0.3 is 15.3 Å². The number of amides is 2. The van der Waals surface area contributed by atoms with E-state index in [4.69, 9.17) is 0 Å². The number of piperidine rings is 1. The van der Waals surface area contributed by atoms with Gasteiger partial charge in [0.1, 0.15) is 6.04 Å². The van der Waals surface area contributed by atoms with E-state index in [9.17, 15) is 14.7 Å². The summed E-state index contributed by atoms with van der Waals surface area (Å²) in [5.41, 5.74) is 1.63. The minimum Gasteiger partial charge on any atom is -0.480 e. The number of hydrogen-bond donors (Lipinski definition) is 2. The van der Waals surface area contributed by atoms with Crippen LogP contribution in [0.25, 0.3) is 0 Å². The molecule has 1 aliphatic rings. The highest BCUT2D eigenvalue weighted by Gasteiger charge is 2.37. The summed E-state index contributed by atoms with van der Waals surface area (Å²) in [6.07, 6.45) is 1.66. The normalized spacial score (nSPS) is 22.0. The summed E-state index contributed by atoms with van der Waals surface area (Å²) < 4.78 is 0.866. The molecule has 2 atom stereocenters. The first-order valence-electron chi connectivity index (χ1n) is 6.96. The Morgan fingerprint density at radius 1 is 1.43 bits per heavy atom. The van der Waals surface area contributed by atoms with Crippen LogP contribution in [0.3, 0.4) is 0 Å². The van der Waals surface area contributed by atoms with Crippen molar-refractivity contribution in [1.82, 2.24) is 4.90 Å². The van der Waals surface area contributed by atoms with E-state index >= 15 is 0 Å². The molecule has 1 saturated heterocycles. The van der Waals surface area contributed by atoms with Gasteiger partial charge in [0, 0.05) is 16.7 Å². The maximum absolute atomic E-state index is 12.4. The van der Waals surface area contributed by atoms with Crippen LogP contribution in [-0.2, 0) is 4.79 Å². The van der Waals surface area contributed by atoms with Gasteiger partial charge >= 0.3 is 12.0 Å². The molecule has 2 amide bonds. The number of nitrogens with one attached hydrogen (secondary N) is 1. The Labute approximate surface area is 132 Å². The number of carbonyl (C=O) groups is 2. The third-order valence-electron chi connectivity index (χ3n) is 3.89. The summed E-state index contributed by atoms with van der Waals surface area (Å²) >= 11 is 3.37. The van der Waals surface area contributed by atoms with E-state index in [0.29, 0.717) is 12.2 Å². The number of halogens is 1. The zero-order chi connectivity index (χ0) is 15.6. The first-order valence-corrected chi connectivity index (χ1v) is 7.76. The molecule has 6 heteroatoms. The van der Waals surface area contributed by atoms with Gasteiger partial charge in [-0.15, -0.1) is 0 Å². The minimum absolute atomic E-state index is 0.0365. The molecule has 21 heavy (non-hydrogen) atoms. The Morgan fingerprint density at radius 3 is 2.81 bits per heavy atom. The van der Waals surface area contributed by atoms with Gasteiger partial charge in [-0.25, -0.2) is 9.59 Å². The number of aryl methyl sites for hydroxylation is 1. The van der Waals surface area contributed by atoms with Crippen molar-refractivity contribution in [3.8, 4) is 0 Å². The Kier molecular flexibility index (Phi) is 4.88. The van der Waals surface area contributed by atoms with Crippen LogP contribution in [-0.4, -0.2) is 34.6 Å². The topological polar surface area (TPSA) is 69.6 Å². The largest absolute Gasteiger partial charge is 0.480 e. The number of anilines is 1. The van der Waals surface area contributed by atoms with Crippen molar-refractivity contribution in [3.63, 3.8) is 0 Å². The lowest BCUT2D eigenvalue weighted by molar-refractivity contribution is -0.145. The number of carbonyl (C=O) groups excluding carboxylic acids is 1. The third-order valence-corrected chi connectivity index (χ3v) is 4.38. The fourth-order valence-corrected chi connectivity index (χ4v) is 3.07. The molecule has 0 aliphatic carbocycles. The number of carboxylic acid groups (broad SMARTS) is 1. The molecular formula is C15H19BrN2O3. The maximum Gasteiger partial charge on any atom is 0.326 e. The summed E-state index contributed by atoms with van der Waals surface area (Å²) in [6, 6.07) is 4.50. The highest BCUT2D eigenvalue weighted by atomic mass is 79.9. The molecule has 1 fully saturated rings. The van der Waals surface area contributed by atoms with Crippen LogP contribution < -0.4 is 5.32 Å². The number of likely N-dealkylation sites (tertiary alicyclic amines) is 1. The van der Waals surface area contributed by atoms with Gasteiger partial charge in [0.25, 0.3) is 0 Å². The maximum atomic E-state index is 12.4. The molecule has 0 aromatic heterocycles. The summed E-state index contributed by atoms with van der Waals surface area (Å²) in [5, 5.41) is 12.2. The second-order valence-corrected chi connectivity index (χ2v) is 6.40. The van der Waals surface area contributed by atoms with Crippen LogP contribution in [0.4, 0.5) is 10.5 Å². The molecule has 2 unspecified atom stereocenters. The molecule has 2 rings (SSSR count). The summed E-state index contributed by atoms with van der Waals surface area (Å²) in [7, 11) is 0. The number of urea groups is 1. The predicted octanol–water partition coefficient (Wildman–Crippen LogP) is 3.47. The fraction of sp³-hybridized carbons (Fsp3) is 0.467. The fourth-order valence-electron chi connectivity index (χ4n) is 2.71. The van der Waals surface area contributed by atoms with Gasteiger partial charge in [-0.2, -0.15) is 0 Å². The SMILES string of the molecule is Cc1ccc(Br)cc1NC(=O)N1CCCC(C)C1C(=O)O. The summed E-state index contributed by atoms with van der Waals surface area (Å²) in [6.45, 7) is 4.25. The zero-order valence-electron chi connectivity index (χ0n) is 12.1. The number of hydrogen-bond acceptors (Lipinski definition) is 2. The van der Waals surface area contributed by atoms with Crippen molar-refractivity contribution in [1.29, 1.82) is 0 Å². The molecular weight excluding hydrogens is 336 g/mol. The van der Waals surface area contributed by atoms with Crippen molar-refractivity contribution in [2.24, 2.45) is 5.92 Å². The monoisotopic (exact) mass is 354 g/mol. The molecule has 1 aliphatic heterocycles. The molecule has 5 nitrogen and oxygen atoms in total. The van der Waals surface area contributed by atoms with Crippen LogP contribution in [0.15, 0.2) is 22.7 Å². The Bertz CT molecular complexity index is 562. The van der Waals surface area contributed by atoms with E-state index in [2.05, 4.69) is 21.2 Å². The first kappa shape index (κ1) is 15.8. The highest BCUT2D eigenvalue weighted by molar-refractivity contribution is 9.10. The quantitative estimate of drug-likeness (QED) is 0.853. The zero-order valence-corrected chi connectivity index (χ0v) is 13.7. The van der Waals surface area contributed by atoms with Crippen molar-refractivity contribution in [3.05, 3.63) is 28.2 Å². The number of aliphatic carboxylic acids is 1. The number of rotatable bonds is 2. The van der Waals surface area contributed by atoms with Crippen LogP contribution in [0.5, 0.6) is 0 Å². The summed E-state index contributed by atoms with van der Waals surface area (Å²) in [5.74, 6) is -0.978. The molecule has 1 aromatic rings. The van der Waals surface area contributed by atoms with E-state index in [1.54, 1.807) is 0 Å². The van der Waals surface area contributed by atoms with Crippen molar-refractivity contribution in [2.45, 2.75) is 32.7 Å². The van der Waals surface area contributed by atoms with E-state index in [0.717, 1.165) is 22.9 Å². The van der Waals surface area contributed by atoms with Crippen molar-refractivity contribution >= 4 is 33.6 Å². The minimum atomic E-state index is -0.941. The van der Waals surface area contributed by atoms with Crippen LogP contribution in [0.1, 0.15) is 25.3 Å². The van der Waals surface area contributed by atoms with Crippen LogP contribution in [0.2, 0.25) is 0 Å². The number of carboxylic acids is 1. The average Bonchev–Trinajstić information content (AvgIpc) is 2.42. The number of benzene rings is 1. The molecule has 0 radical (unpaired) electrons. The second kappa shape index (κ2) is 6.47. The summed E-state index contributed by atoms with van der Waals surface area (Å²) in [4.78, 5) is 25.3. The second-order valence-electron chi connectivity index (χ2n) is 5.49. The van der Waals surface area contributed by atoms with Gasteiger partial charge in [-0.3, -0.25) is 0 Å². The van der Waals surface area contributed by atoms with Crippen molar-refractivity contribution < 1.29 is 14.7 Å². The van der Waals surface area contributed by atoms with E-state index in [1.165, 1.54) is 4.90 Å². The van der Waals surface area contributed by atoms with Crippen molar-refractivity contribution in [2.75, 3.05) is 11.9 Å². The lowest BCUT2D eigenvalue weighted by Crippen LogP contribution is -2.53. The molecule has 114 valence electrons. The highest BCUT2D eigenvalue weighted by Crippen LogP contribution is 2.26. The lowest BCUT2D eigenvalue weighted by atomic mass is 9.91. The van der Waals surface area contributed by atoms with Gasteiger partial charge in [0.2, 0.25) is 0 Å². The Hall–Kier alpha value is -1.56. The van der Waals surface area contributed by atoms with Crippen LogP contribution in [0, 0.1) is 12.8 Å². The molecule has 2 N–H and O–H groups in total. The lowest BCUT2D eigenvalue weighted by Gasteiger charge is -2.37. The first-order chi connectivity index (χ1) is 9.90. The standard InChI is InChI=1S/C15H19BrN2O3/c1-9-5-6-11(16)8-12(9)17-15(21)18-7-3-4-10(2)13(18)14(19)20/h5-6,8,10,13H,3-4,7H2,1-2H3,(H,17,21)(H,19,20). The smallest absolute Gasteiger partial charge is 0.326 e. The van der Waals surface area contributed by atoms with Crippen LogP contribution >= 0.6 is 15.9 Å². The predicted molar refractivity (Wildman–Crippen MR) is 84.4 cm³/mol. The molecule has 0 saturated carbocycles. The average molecular weight is 355 g/mol. The van der Waals surface area contributed by atoms with E-state index < -0.39 is 12.0 Å². The van der Waals surface area contributed by atoms with Gasteiger partial charge in [0.15, 0.2) is 0 Å². The van der Waals surface area contributed by atoms with Gasteiger partial charge in [0.05, 0.1) is 0 Å². The molecule has 0 spiro atoms. The number of nitrogens with zero attached hydrogens (tertiary/aromatic N) is 1. The molecule has 1 aromatic carbocycles. The van der Waals surface area contributed by atoms with Gasteiger partial charge in [-0.1, -0.05) is 28.9 Å². The molecule has 0 bridgehead atoms. The van der Waals surface area contributed by atoms with Gasteiger partial charge in [-0.05, 0) is 43.4 Å². The molecule has 1 heterocycles. The Morgan fingerprint density at radius 2 is 2.14 bits per heavy atom.